The Balaban J connectivity index is 2.23. The van der Waals surface area contributed by atoms with Gasteiger partial charge in [0, 0.05) is 19.6 Å². The standard InChI is InChI=1S/C12H21NO4/c1-2-3-10(12(15)16)13-11(14)5-4-9-6-7-17-8-9/h9-10H,2-8H2,1H3,(H,13,14)(H,15,16). The molecule has 1 aliphatic heterocycles. The summed E-state index contributed by atoms with van der Waals surface area (Å²) in [7, 11) is 0. The first-order valence-electron chi connectivity index (χ1n) is 6.23. The van der Waals surface area contributed by atoms with Crippen LogP contribution in [0, 0.1) is 5.92 Å². The van der Waals surface area contributed by atoms with Crippen LogP contribution in [0.3, 0.4) is 0 Å². The first-order valence-corrected chi connectivity index (χ1v) is 6.23. The SMILES string of the molecule is CCCC(NC(=O)CCC1CCOC1)C(=O)O. The van der Waals surface area contributed by atoms with Gasteiger partial charge in [0.05, 0.1) is 0 Å². The summed E-state index contributed by atoms with van der Waals surface area (Å²) in [5, 5.41) is 11.5. The molecule has 1 aliphatic rings. The van der Waals surface area contributed by atoms with E-state index >= 15 is 0 Å². The summed E-state index contributed by atoms with van der Waals surface area (Å²) in [6.45, 7) is 3.41. The average Bonchev–Trinajstić information content (AvgIpc) is 2.78. The van der Waals surface area contributed by atoms with E-state index in [-0.39, 0.29) is 5.91 Å². The minimum absolute atomic E-state index is 0.169. The Morgan fingerprint density at radius 2 is 2.29 bits per heavy atom. The lowest BCUT2D eigenvalue weighted by atomic mass is 10.0. The zero-order valence-corrected chi connectivity index (χ0v) is 10.3. The molecule has 1 amide bonds. The molecule has 0 bridgehead atoms. The number of carboxylic acids is 1. The van der Waals surface area contributed by atoms with Crippen molar-refractivity contribution < 1.29 is 19.4 Å². The van der Waals surface area contributed by atoms with E-state index in [4.69, 9.17) is 9.84 Å². The maximum Gasteiger partial charge on any atom is 0.326 e. The normalized spacial score (nSPS) is 21.1. The molecule has 0 spiro atoms. The molecule has 1 fully saturated rings. The summed E-state index contributed by atoms with van der Waals surface area (Å²) in [6.07, 6.45) is 3.40. The van der Waals surface area contributed by atoms with Crippen molar-refractivity contribution in [1.82, 2.24) is 5.32 Å². The predicted octanol–water partition coefficient (Wildman–Crippen LogP) is 1.17. The summed E-state index contributed by atoms with van der Waals surface area (Å²) in [4.78, 5) is 22.4. The van der Waals surface area contributed by atoms with Gasteiger partial charge in [0.2, 0.25) is 5.91 Å². The molecule has 2 N–H and O–H groups in total. The average molecular weight is 243 g/mol. The van der Waals surface area contributed by atoms with Crippen LogP contribution < -0.4 is 5.32 Å². The summed E-state index contributed by atoms with van der Waals surface area (Å²) >= 11 is 0. The number of hydrogen-bond donors (Lipinski definition) is 2. The third-order valence-electron chi connectivity index (χ3n) is 3.01. The topological polar surface area (TPSA) is 75.6 Å². The predicted molar refractivity (Wildman–Crippen MR) is 62.6 cm³/mol. The fourth-order valence-electron chi connectivity index (χ4n) is 1.96. The second kappa shape index (κ2) is 7.27. The quantitative estimate of drug-likeness (QED) is 0.704. The van der Waals surface area contributed by atoms with Gasteiger partial charge < -0.3 is 15.2 Å². The number of carbonyl (C=O) groups excluding carboxylic acids is 1. The van der Waals surface area contributed by atoms with E-state index in [1.165, 1.54) is 0 Å². The van der Waals surface area contributed by atoms with Gasteiger partial charge in [0.1, 0.15) is 6.04 Å². The zero-order valence-electron chi connectivity index (χ0n) is 10.3. The number of rotatable bonds is 7. The van der Waals surface area contributed by atoms with Crippen LogP contribution in [0.15, 0.2) is 0 Å². The van der Waals surface area contributed by atoms with E-state index in [2.05, 4.69) is 5.32 Å². The first-order chi connectivity index (χ1) is 8.13. The van der Waals surface area contributed by atoms with Gasteiger partial charge in [-0.1, -0.05) is 13.3 Å². The van der Waals surface area contributed by atoms with Crippen LogP contribution in [-0.2, 0) is 14.3 Å². The third kappa shape index (κ3) is 5.17. The molecule has 0 radical (unpaired) electrons. The van der Waals surface area contributed by atoms with Crippen LogP contribution in [0.4, 0.5) is 0 Å². The fraction of sp³-hybridized carbons (Fsp3) is 0.833. The number of carbonyl (C=O) groups is 2. The molecule has 2 atom stereocenters. The van der Waals surface area contributed by atoms with Crippen LogP contribution in [0.2, 0.25) is 0 Å². The highest BCUT2D eigenvalue weighted by atomic mass is 16.5. The van der Waals surface area contributed by atoms with Gasteiger partial charge in [-0.05, 0) is 25.2 Å². The molecule has 17 heavy (non-hydrogen) atoms. The van der Waals surface area contributed by atoms with Crippen LogP contribution in [-0.4, -0.2) is 36.2 Å². The van der Waals surface area contributed by atoms with Crippen molar-refractivity contribution in [2.75, 3.05) is 13.2 Å². The maximum atomic E-state index is 11.6. The number of ether oxygens (including phenoxy) is 1. The van der Waals surface area contributed by atoms with Crippen molar-refractivity contribution in [1.29, 1.82) is 0 Å². The van der Waals surface area contributed by atoms with E-state index in [0.717, 1.165) is 32.5 Å². The molecule has 0 aromatic heterocycles. The number of carboxylic acid groups (broad SMARTS) is 1. The van der Waals surface area contributed by atoms with Crippen molar-refractivity contribution in [3.05, 3.63) is 0 Å². The molecule has 0 aliphatic carbocycles. The number of hydrogen-bond acceptors (Lipinski definition) is 3. The van der Waals surface area contributed by atoms with E-state index in [9.17, 15) is 9.59 Å². The van der Waals surface area contributed by atoms with Crippen molar-refractivity contribution >= 4 is 11.9 Å². The molecule has 5 nitrogen and oxygen atoms in total. The molecule has 0 aromatic carbocycles. The van der Waals surface area contributed by atoms with Gasteiger partial charge in [-0.25, -0.2) is 4.79 Å². The van der Waals surface area contributed by atoms with E-state index < -0.39 is 12.0 Å². The number of amides is 1. The fourth-order valence-corrected chi connectivity index (χ4v) is 1.96. The molecule has 0 saturated carbocycles. The second-order valence-electron chi connectivity index (χ2n) is 4.52. The van der Waals surface area contributed by atoms with Gasteiger partial charge in [0.15, 0.2) is 0 Å². The highest BCUT2D eigenvalue weighted by molar-refractivity contribution is 5.83. The van der Waals surface area contributed by atoms with E-state index in [1.807, 2.05) is 6.92 Å². The molecule has 2 unspecified atom stereocenters. The first kappa shape index (κ1) is 14.0. The summed E-state index contributed by atoms with van der Waals surface area (Å²) < 4.78 is 5.22. The summed E-state index contributed by atoms with van der Waals surface area (Å²) in [5.74, 6) is -0.669. The van der Waals surface area contributed by atoms with E-state index in [0.29, 0.717) is 18.8 Å². The van der Waals surface area contributed by atoms with Gasteiger partial charge >= 0.3 is 5.97 Å². The highest BCUT2D eigenvalue weighted by Gasteiger charge is 2.20. The minimum Gasteiger partial charge on any atom is -0.480 e. The lowest BCUT2D eigenvalue weighted by molar-refractivity contribution is -0.142. The smallest absolute Gasteiger partial charge is 0.326 e. The summed E-state index contributed by atoms with van der Waals surface area (Å²) in [6, 6.07) is -0.743. The molecular weight excluding hydrogens is 222 g/mol. The van der Waals surface area contributed by atoms with Crippen LogP contribution in [0.1, 0.15) is 39.0 Å². The van der Waals surface area contributed by atoms with Crippen molar-refractivity contribution in [3.63, 3.8) is 0 Å². The Morgan fingerprint density at radius 1 is 1.53 bits per heavy atom. The Morgan fingerprint density at radius 3 is 2.82 bits per heavy atom. The molecule has 5 heteroatoms. The molecule has 0 aromatic rings. The molecule has 1 heterocycles. The van der Waals surface area contributed by atoms with Crippen molar-refractivity contribution in [2.24, 2.45) is 5.92 Å². The maximum absolute atomic E-state index is 11.6. The largest absolute Gasteiger partial charge is 0.480 e. The minimum atomic E-state index is -0.954. The zero-order chi connectivity index (χ0) is 12.7. The highest BCUT2D eigenvalue weighted by Crippen LogP contribution is 2.17. The lowest BCUT2D eigenvalue weighted by Crippen LogP contribution is -2.40. The van der Waals surface area contributed by atoms with Gasteiger partial charge in [-0.2, -0.15) is 0 Å². The third-order valence-corrected chi connectivity index (χ3v) is 3.01. The van der Waals surface area contributed by atoms with Crippen LogP contribution >= 0.6 is 0 Å². The van der Waals surface area contributed by atoms with Crippen LogP contribution in [0.5, 0.6) is 0 Å². The monoisotopic (exact) mass is 243 g/mol. The Labute approximate surface area is 102 Å². The molecule has 1 saturated heterocycles. The summed E-state index contributed by atoms with van der Waals surface area (Å²) in [5.41, 5.74) is 0. The van der Waals surface area contributed by atoms with Gasteiger partial charge in [-0.15, -0.1) is 0 Å². The van der Waals surface area contributed by atoms with Gasteiger partial charge in [0.25, 0.3) is 0 Å². The van der Waals surface area contributed by atoms with Crippen LogP contribution in [0.25, 0.3) is 0 Å². The Hall–Kier alpha value is -1.10. The Kier molecular flexibility index (Phi) is 5.97. The van der Waals surface area contributed by atoms with Gasteiger partial charge in [-0.3, -0.25) is 4.79 Å². The lowest BCUT2D eigenvalue weighted by Gasteiger charge is -2.14. The molecule has 1 rings (SSSR count). The Bertz CT molecular complexity index is 261. The van der Waals surface area contributed by atoms with E-state index in [1.54, 1.807) is 0 Å². The van der Waals surface area contributed by atoms with Crippen molar-refractivity contribution in [2.45, 2.75) is 45.1 Å². The molecular formula is C12H21NO4. The second-order valence-corrected chi connectivity index (χ2v) is 4.52. The van der Waals surface area contributed by atoms with Crippen molar-refractivity contribution in [3.8, 4) is 0 Å². The molecule has 98 valence electrons. The number of aliphatic carboxylic acids is 1. The number of nitrogens with one attached hydrogen (secondary N) is 1.